The van der Waals surface area contributed by atoms with Gasteiger partial charge < -0.3 is 10.2 Å². The van der Waals surface area contributed by atoms with Crippen molar-refractivity contribution in [2.75, 3.05) is 11.4 Å². The third kappa shape index (κ3) is 4.19. The number of hydrogen-bond donors (Lipinski definition) is 1. The maximum atomic E-state index is 12.9. The van der Waals surface area contributed by atoms with Gasteiger partial charge in [0.2, 0.25) is 11.8 Å². The summed E-state index contributed by atoms with van der Waals surface area (Å²) < 4.78 is 38.6. The molecule has 0 aromatic heterocycles. The van der Waals surface area contributed by atoms with E-state index in [0.717, 1.165) is 37.8 Å². The average Bonchev–Trinajstić information content (AvgIpc) is 2.98. The zero-order valence-electron chi connectivity index (χ0n) is 14.7. The van der Waals surface area contributed by atoms with Crippen LogP contribution in [-0.4, -0.2) is 24.4 Å². The van der Waals surface area contributed by atoms with Crippen LogP contribution in [0.4, 0.5) is 18.9 Å². The van der Waals surface area contributed by atoms with E-state index in [9.17, 15) is 22.8 Å². The molecule has 0 unspecified atom stereocenters. The Bertz CT molecular complexity index is 682. The van der Waals surface area contributed by atoms with Crippen LogP contribution in [0.2, 0.25) is 0 Å². The van der Waals surface area contributed by atoms with Gasteiger partial charge in [-0.1, -0.05) is 13.0 Å². The number of anilines is 1. The lowest BCUT2D eigenvalue weighted by Crippen LogP contribution is -2.41. The zero-order valence-corrected chi connectivity index (χ0v) is 14.7. The second-order valence-electron chi connectivity index (χ2n) is 7.42. The van der Waals surface area contributed by atoms with Gasteiger partial charge in [0.15, 0.2) is 0 Å². The van der Waals surface area contributed by atoms with Crippen LogP contribution in [-0.2, 0) is 15.8 Å². The van der Waals surface area contributed by atoms with E-state index < -0.39 is 17.7 Å². The lowest BCUT2D eigenvalue weighted by molar-refractivity contribution is -0.137. The SMILES string of the molecule is CC1CCC(NC(=O)[C@H]2CC(=O)N(c3cccc(C(F)(F)F)c3)C2)CC1. The average molecular weight is 368 g/mol. The minimum Gasteiger partial charge on any atom is -0.353 e. The molecule has 1 aliphatic heterocycles. The third-order valence-corrected chi connectivity index (χ3v) is 5.34. The van der Waals surface area contributed by atoms with Gasteiger partial charge in [0.25, 0.3) is 0 Å². The number of alkyl halides is 3. The monoisotopic (exact) mass is 368 g/mol. The van der Waals surface area contributed by atoms with Crippen molar-refractivity contribution in [2.45, 2.75) is 51.2 Å². The molecule has 142 valence electrons. The Balaban J connectivity index is 1.64. The second kappa shape index (κ2) is 7.29. The fraction of sp³-hybridized carbons (Fsp3) is 0.579. The number of carbonyl (C=O) groups excluding carboxylic acids is 2. The summed E-state index contributed by atoms with van der Waals surface area (Å²) >= 11 is 0. The minimum atomic E-state index is -4.46. The van der Waals surface area contributed by atoms with Crippen LogP contribution >= 0.6 is 0 Å². The summed E-state index contributed by atoms with van der Waals surface area (Å²) in [5.41, 5.74) is -0.612. The molecule has 2 amide bonds. The van der Waals surface area contributed by atoms with E-state index in [1.54, 1.807) is 0 Å². The first-order chi connectivity index (χ1) is 12.2. The van der Waals surface area contributed by atoms with E-state index in [1.807, 2.05) is 0 Å². The van der Waals surface area contributed by atoms with E-state index in [1.165, 1.54) is 17.0 Å². The van der Waals surface area contributed by atoms with Crippen LogP contribution in [0.25, 0.3) is 0 Å². The molecule has 3 rings (SSSR count). The van der Waals surface area contributed by atoms with Crippen molar-refractivity contribution in [2.24, 2.45) is 11.8 Å². The highest BCUT2D eigenvalue weighted by Gasteiger charge is 2.37. The molecular weight excluding hydrogens is 345 g/mol. The topological polar surface area (TPSA) is 49.4 Å². The van der Waals surface area contributed by atoms with Gasteiger partial charge in [-0.05, 0) is 49.8 Å². The summed E-state index contributed by atoms with van der Waals surface area (Å²) in [7, 11) is 0. The molecule has 0 spiro atoms. The van der Waals surface area contributed by atoms with Gasteiger partial charge in [-0.2, -0.15) is 13.2 Å². The van der Waals surface area contributed by atoms with Gasteiger partial charge in [0, 0.05) is 24.7 Å². The Hall–Kier alpha value is -2.05. The van der Waals surface area contributed by atoms with Crippen LogP contribution in [0.3, 0.4) is 0 Å². The standard InChI is InChI=1S/C19H23F3N2O2/c1-12-5-7-15(8-6-12)23-18(26)13-9-17(25)24(11-13)16-4-2-3-14(10-16)19(20,21)22/h2-4,10,12-13,15H,5-9,11H2,1H3,(H,23,26)/t12?,13-,15?/m0/s1. The summed E-state index contributed by atoms with van der Waals surface area (Å²) in [6.45, 7) is 2.32. The Morgan fingerprint density at radius 3 is 2.54 bits per heavy atom. The highest BCUT2D eigenvalue weighted by atomic mass is 19.4. The summed E-state index contributed by atoms with van der Waals surface area (Å²) in [6.07, 6.45) is -0.412. The van der Waals surface area contributed by atoms with E-state index >= 15 is 0 Å². The number of hydrogen-bond acceptors (Lipinski definition) is 2. The molecule has 2 aliphatic rings. The van der Waals surface area contributed by atoms with Gasteiger partial charge in [-0.3, -0.25) is 9.59 Å². The number of amides is 2. The Morgan fingerprint density at radius 2 is 1.88 bits per heavy atom. The maximum absolute atomic E-state index is 12.9. The van der Waals surface area contributed by atoms with Crippen LogP contribution < -0.4 is 10.2 Å². The lowest BCUT2D eigenvalue weighted by atomic mass is 9.87. The molecule has 1 N–H and O–H groups in total. The Labute approximate surface area is 150 Å². The molecule has 0 radical (unpaired) electrons. The highest BCUT2D eigenvalue weighted by Crippen LogP contribution is 2.33. The highest BCUT2D eigenvalue weighted by molar-refractivity contribution is 6.00. The molecule has 0 bridgehead atoms. The molecule has 1 aromatic rings. The second-order valence-corrected chi connectivity index (χ2v) is 7.42. The summed E-state index contributed by atoms with van der Waals surface area (Å²) in [6, 6.07) is 4.81. The van der Waals surface area contributed by atoms with E-state index in [2.05, 4.69) is 12.2 Å². The number of nitrogens with one attached hydrogen (secondary N) is 1. The molecule has 1 aromatic carbocycles. The maximum Gasteiger partial charge on any atom is 0.416 e. The molecular formula is C19H23F3N2O2. The third-order valence-electron chi connectivity index (χ3n) is 5.34. The van der Waals surface area contributed by atoms with Crippen molar-refractivity contribution in [3.63, 3.8) is 0 Å². The summed E-state index contributed by atoms with van der Waals surface area (Å²) in [5.74, 6) is -0.335. The van der Waals surface area contributed by atoms with Crippen LogP contribution in [0, 0.1) is 11.8 Å². The Morgan fingerprint density at radius 1 is 1.19 bits per heavy atom. The van der Waals surface area contributed by atoms with E-state index in [-0.39, 0.29) is 36.5 Å². The molecule has 1 heterocycles. The van der Waals surface area contributed by atoms with Crippen molar-refractivity contribution in [1.29, 1.82) is 0 Å². The van der Waals surface area contributed by atoms with Gasteiger partial charge >= 0.3 is 6.18 Å². The predicted molar refractivity (Wildman–Crippen MR) is 91.5 cm³/mol. The molecule has 4 nitrogen and oxygen atoms in total. The fourth-order valence-electron chi connectivity index (χ4n) is 3.71. The van der Waals surface area contributed by atoms with Crippen LogP contribution in [0.1, 0.15) is 44.6 Å². The van der Waals surface area contributed by atoms with Crippen molar-refractivity contribution < 1.29 is 22.8 Å². The van der Waals surface area contributed by atoms with Gasteiger partial charge in [0.05, 0.1) is 11.5 Å². The minimum absolute atomic E-state index is 0.0329. The number of carbonyl (C=O) groups is 2. The van der Waals surface area contributed by atoms with Gasteiger partial charge in [0.1, 0.15) is 0 Å². The van der Waals surface area contributed by atoms with Crippen molar-refractivity contribution in [1.82, 2.24) is 5.32 Å². The van der Waals surface area contributed by atoms with E-state index in [4.69, 9.17) is 0 Å². The van der Waals surface area contributed by atoms with Gasteiger partial charge in [-0.15, -0.1) is 0 Å². The summed E-state index contributed by atoms with van der Waals surface area (Å²) in [4.78, 5) is 26.0. The number of benzene rings is 1. The van der Waals surface area contributed by atoms with Crippen molar-refractivity contribution in [3.05, 3.63) is 29.8 Å². The zero-order chi connectivity index (χ0) is 18.9. The van der Waals surface area contributed by atoms with Gasteiger partial charge in [-0.25, -0.2) is 0 Å². The normalized spacial score (nSPS) is 26.8. The van der Waals surface area contributed by atoms with Crippen LogP contribution in [0.15, 0.2) is 24.3 Å². The van der Waals surface area contributed by atoms with E-state index in [0.29, 0.717) is 5.92 Å². The molecule has 7 heteroatoms. The number of nitrogens with zero attached hydrogens (tertiary/aromatic N) is 1. The Kier molecular flexibility index (Phi) is 5.25. The molecule has 26 heavy (non-hydrogen) atoms. The molecule has 1 aliphatic carbocycles. The molecule has 1 atom stereocenters. The smallest absolute Gasteiger partial charge is 0.353 e. The first-order valence-corrected chi connectivity index (χ1v) is 9.02. The van der Waals surface area contributed by atoms with Crippen molar-refractivity contribution >= 4 is 17.5 Å². The van der Waals surface area contributed by atoms with Crippen molar-refractivity contribution in [3.8, 4) is 0 Å². The first-order valence-electron chi connectivity index (χ1n) is 9.02. The molecule has 1 saturated heterocycles. The molecule has 2 fully saturated rings. The quantitative estimate of drug-likeness (QED) is 0.883. The van der Waals surface area contributed by atoms with Crippen LogP contribution in [0.5, 0.6) is 0 Å². The first kappa shape index (κ1) is 18.7. The predicted octanol–water partition coefficient (Wildman–Crippen LogP) is 3.75. The number of halogens is 3. The fourth-order valence-corrected chi connectivity index (χ4v) is 3.71. The largest absolute Gasteiger partial charge is 0.416 e. The molecule has 1 saturated carbocycles. The number of rotatable bonds is 3. The summed E-state index contributed by atoms with van der Waals surface area (Å²) in [5, 5.41) is 3.01. The lowest BCUT2D eigenvalue weighted by Gasteiger charge is -2.27.